The van der Waals surface area contributed by atoms with E-state index in [1.165, 1.54) is 0 Å². The minimum absolute atomic E-state index is 0.267. The number of benzene rings is 1. The molecular formula is C10H7BrO2. The second-order valence-corrected chi connectivity index (χ2v) is 3.53. The normalized spacial score (nSPS) is 10.2. The van der Waals surface area contributed by atoms with E-state index in [4.69, 9.17) is 9.52 Å². The number of phenolic OH excluding ortho intramolecular Hbond substituents is 1. The summed E-state index contributed by atoms with van der Waals surface area (Å²) < 4.78 is 5.94. The molecule has 1 heterocycles. The molecule has 0 fully saturated rings. The van der Waals surface area contributed by atoms with Gasteiger partial charge >= 0.3 is 0 Å². The summed E-state index contributed by atoms with van der Waals surface area (Å²) in [7, 11) is 0. The van der Waals surface area contributed by atoms with Gasteiger partial charge in [0.1, 0.15) is 12.0 Å². The Balaban J connectivity index is 2.47. The SMILES string of the molecule is Oc1ccc(-c2cocc2Br)cc1. The molecule has 0 unspecified atom stereocenters. The summed E-state index contributed by atoms with van der Waals surface area (Å²) in [5.74, 6) is 0.267. The van der Waals surface area contributed by atoms with Crippen LogP contribution in [0, 0.1) is 0 Å². The van der Waals surface area contributed by atoms with Crippen LogP contribution in [0.15, 0.2) is 45.7 Å². The molecule has 0 aliphatic rings. The Morgan fingerprint density at radius 1 is 1.08 bits per heavy atom. The van der Waals surface area contributed by atoms with Gasteiger partial charge in [-0.2, -0.15) is 0 Å². The molecule has 3 heteroatoms. The summed E-state index contributed by atoms with van der Waals surface area (Å²) in [4.78, 5) is 0. The van der Waals surface area contributed by atoms with Crippen LogP contribution >= 0.6 is 15.9 Å². The zero-order valence-electron chi connectivity index (χ0n) is 6.70. The molecule has 2 aromatic rings. The largest absolute Gasteiger partial charge is 0.508 e. The molecule has 1 aromatic carbocycles. The van der Waals surface area contributed by atoms with E-state index in [2.05, 4.69) is 15.9 Å². The van der Waals surface area contributed by atoms with Crippen molar-refractivity contribution in [2.75, 3.05) is 0 Å². The maximum atomic E-state index is 9.09. The zero-order valence-corrected chi connectivity index (χ0v) is 8.28. The Morgan fingerprint density at radius 3 is 2.31 bits per heavy atom. The van der Waals surface area contributed by atoms with Crippen molar-refractivity contribution in [1.29, 1.82) is 0 Å². The van der Waals surface area contributed by atoms with E-state index in [1.54, 1.807) is 24.7 Å². The average molecular weight is 239 g/mol. The van der Waals surface area contributed by atoms with Crippen LogP contribution in [0.3, 0.4) is 0 Å². The topological polar surface area (TPSA) is 33.4 Å². The van der Waals surface area contributed by atoms with Crippen molar-refractivity contribution < 1.29 is 9.52 Å². The van der Waals surface area contributed by atoms with Crippen LogP contribution in [0.4, 0.5) is 0 Å². The Kier molecular flexibility index (Phi) is 2.10. The summed E-state index contributed by atoms with van der Waals surface area (Å²) in [6.07, 6.45) is 3.29. The molecule has 66 valence electrons. The molecule has 0 spiro atoms. The first kappa shape index (κ1) is 8.38. The van der Waals surface area contributed by atoms with Crippen LogP contribution in [-0.2, 0) is 0 Å². The lowest BCUT2D eigenvalue weighted by Crippen LogP contribution is -1.73. The number of furan rings is 1. The minimum atomic E-state index is 0.267. The number of phenols is 1. The van der Waals surface area contributed by atoms with Gasteiger partial charge in [0.25, 0.3) is 0 Å². The van der Waals surface area contributed by atoms with E-state index < -0.39 is 0 Å². The molecule has 1 aromatic heterocycles. The van der Waals surface area contributed by atoms with Crippen molar-refractivity contribution in [2.45, 2.75) is 0 Å². The number of aromatic hydroxyl groups is 1. The van der Waals surface area contributed by atoms with Crippen LogP contribution < -0.4 is 0 Å². The molecule has 0 bridgehead atoms. The van der Waals surface area contributed by atoms with Gasteiger partial charge in [-0.25, -0.2) is 0 Å². The van der Waals surface area contributed by atoms with E-state index >= 15 is 0 Å². The lowest BCUT2D eigenvalue weighted by Gasteiger charge is -1.97. The molecule has 0 aliphatic carbocycles. The maximum Gasteiger partial charge on any atom is 0.115 e. The van der Waals surface area contributed by atoms with Crippen molar-refractivity contribution in [1.82, 2.24) is 0 Å². The van der Waals surface area contributed by atoms with E-state index in [1.807, 2.05) is 12.1 Å². The van der Waals surface area contributed by atoms with Crippen LogP contribution in [0.2, 0.25) is 0 Å². The van der Waals surface area contributed by atoms with Gasteiger partial charge < -0.3 is 9.52 Å². The Hall–Kier alpha value is -1.22. The molecule has 2 rings (SSSR count). The molecular weight excluding hydrogens is 232 g/mol. The summed E-state index contributed by atoms with van der Waals surface area (Å²) in [5.41, 5.74) is 2.00. The molecule has 0 atom stereocenters. The quantitative estimate of drug-likeness (QED) is 0.827. The Morgan fingerprint density at radius 2 is 1.77 bits per heavy atom. The van der Waals surface area contributed by atoms with E-state index in [0.29, 0.717) is 0 Å². The van der Waals surface area contributed by atoms with Gasteiger partial charge in [-0.05, 0) is 33.6 Å². The highest BCUT2D eigenvalue weighted by atomic mass is 79.9. The predicted octanol–water partition coefficient (Wildman–Crippen LogP) is 3.41. The van der Waals surface area contributed by atoms with Crippen molar-refractivity contribution in [3.8, 4) is 16.9 Å². The number of halogens is 1. The Labute approximate surface area is 83.9 Å². The lowest BCUT2D eigenvalue weighted by molar-refractivity contribution is 0.475. The standard InChI is InChI=1S/C10H7BrO2/c11-10-6-13-5-9(10)7-1-3-8(12)4-2-7/h1-6,12H. The molecule has 0 saturated carbocycles. The highest BCUT2D eigenvalue weighted by Crippen LogP contribution is 2.29. The van der Waals surface area contributed by atoms with Crippen molar-refractivity contribution in [2.24, 2.45) is 0 Å². The van der Waals surface area contributed by atoms with E-state index in [-0.39, 0.29) is 5.75 Å². The molecule has 1 N–H and O–H groups in total. The van der Waals surface area contributed by atoms with E-state index in [0.717, 1.165) is 15.6 Å². The third kappa shape index (κ3) is 1.60. The highest BCUT2D eigenvalue weighted by Gasteiger charge is 2.04. The van der Waals surface area contributed by atoms with Crippen molar-refractivity contribution in [3.63, 3.8) is 0 Å². The van der Waals surface area contributed by atoms with Gasteiger partial charge in [-0.1, -0.05) is 12.1 Å². The minimum Gasteiger partial charge on any atom is -0.508 e. The van der Waals surface area contributed by atoms with Gasteiger partial charge in [0.05, 0.1) is 10.7 Å². The second kappa shape index (κ2) is 3.26. The van der Waals surface area contributed by atoms with Gasteiger partial charge in [-0.3, -0.25) is 0 Å². The molecule has 0 radical (unpaired) electrons. The summed E-state index contributed by atoms with van der Waals surface area (Å²) in [5, 5.41) is 9.09. The monoisotopic (exact) mass is 238 g/mol. The molecule has 0 saturated heterocycles. The molecule has 0 aliphatic heterocycles. The maximum absolute atomic E-state index is 9.09. The fourth-order valence-electron chi connectivity index (χ4n) is 1.13. The third-order valence-electron chi connectivity index (χ3n) is 1.79. The average Bonchev–Trinajstić information content (AvgIpc) is 2.53. The van der Waals surface area contributed by atoms with E-state index in [9.17, 15) is 0 Å². The summed E-state index contributed by atoms with van der Waals surface area (Å²) in [6, 6.07) is 6.97. The smallest absolute Gasteiger partial charge is 0.115 e. The van der Waals surface area contributed by atoms with Crippen LogP contribution in [-0.4, -0.2) is 5.11 Å². The number of rotatable bonds is 1. The van der Waals surface area contributed by atoms with Crippen molar-refractivity contribution in [3.05, 3.63) is 41.3 Å². The van der Waals surface area contributed by atoms with Crippen LogP contribution in [0.25, 0.3) is 11.1 Å². The summed E-state index contributed by atoms with van der Waals surface area (Å²) in [6.45, 7) is 0. The van der Waals surface area contributed by atoms with Gasteiger partial charge in [0.2, 0.25) is 0 Å². The summed E-state index contributed by atoms with van der Waals surface area (Å²) >= 11 is 3.37. The Bertz CT molecular complexity index is 403. The van der Waals surface area contributed by atoms with Gasteiger partial charge in [0, 0.05) is 5.56 Å². The first-order valence-corrected chi connectivity index (χ1v) is 4.58. The second-order valence-electron chi connectivity index (χ2n) is 2.68. The fraction of sp³-hybridized carbons (Fsp3) is 0. The predicted molar refractivity (Wildman–Crippen MR) is 53.5 cm³/mol. The lowest BCUT2D eigenvalue weighted by atomic mass is 10.1. The van der Waals surface area contributed by atoms with Crippen molar-refractivity contribution >= 4 is 15.9 Å². The van der Waals surface area contributed by atoms with Crippen LogP contribution in [0.1, 0.15) is 0 Å². The number of hydrogen-bond donors (Lipinski definition) is 1. The molecule has 13 heavy (non-hydrogen) atoms. The zero-order chi connectivity index (χ0) is 9.26. The first-order chi connectivity index (χ1) is 6.27. The fourth-order valence-corrected chi connectivity index (χ4v) is 1.56. The number of hydrogen-bond acceptors (Lipinski definition) is 2. The highest BCUT2D eigenvalue weighted by molar-refractivity contribution is 9.10. The van der Waals surface area contributed by atoms with Crippen LogP contribution in [0.5, 0.6) is 5.75 Å². The third-order valence-corrected chi connectivity index (χ3v) is 2.41. The van der Waals surface area contributed by atoms with Gasteiger partial charge in [0.15, 0.2) is 0 Å². The first-order valence-electron chi connectivity index (χ1n) is 3.78. The molecule has 2 nitrogen and oxygen atoms in total. The molecule has 0 amide bonds. The van der Waals surface area contributed by atoms with Gasteiger partial charge in [-0.15, -0.1) is 0 Å².